The Morgan fingerprint density at radius 2 is 1.00 bits per heavy atom. The van der Waals surface area contributed by atoms with Gasteiger partial charge in [-0.2, -0.15) is 0 Å². The zero-order valence-electron chi connectivity index (χ0n) is 19.0. The largest absolute Gasteiger partial charge is 0.455 e. The lowest BCUT2D eigenvalue weighted by molar-refractivity contribution is 0.672. The summed E-state index contributed by atoms with van der Waals surface area (Å²) in [5.41, 5.74) is 4.12. The predicted octanol–water partition coefficient (Wildman–Crippen LogP) is 8.58. The molecule has 0 aliphatic heterocycles. The van der Waals surface area contributed by atoms with Gasteiger partial charge in [-0.25, -0.2) is 15.0 Å². The minimum absolute atomic E-state index is 0.509. The number of aromatic nitrogens is 3. The molecule has 2 aromatic heterocycles. The van der Waals surface area contributed by atoms with Gasteiger partial charge in [0.05, 0.1) is 10.6 Å². The van der Waals surface area contributed by atoms with Crippen molar-refractivity contribution < 1.29 is 4.42 Å². The first-order valence-corrected chi connectivity index (χ1v) is 12.0. The maximum atomic E-state index is 7.17. The van der Waals surface area contributed by atoms with Gasteiger partial charge in [0.15, 0.2) is 17.5 Å². The van der Waals surface area contributed by atoms with Gasteiger partial charge in [-0.1, -0.05) is 115 Å². The smallest absolute Gasteiger partial charge is 0.166 e. The molecule has 0 bridgehead atoms. The molecule has 0 aliphatic rings. The Morgan fingerprint density at radius 1 is 0.500 bits per heavy atom. The van der Waals surface area contributed by atoms with Crippen LogP contribution in [0.2, 0.25) is 5.02 Å². The average molecular weight is 484 g/mol. The van der Waals surface area contributed by atoms with Crippen LogP contribution in [0.1, 0.15) is 0 Å². The Hall–Kier alpha value is -4.54. The van der Waals surface area contributed by atoms with Crippen LogP contribution in [-0.4, -0.2) is 15.0 Å². The molecule has 0 atom stereocenters. The van der Waals surface area contributed by atoms with Crippen molar-refractivity contribution >= 4 is 44.3 Å². The normalized spacial score (nSPS) is 11.5. The molecular weight excluding hydrogens is 466 g/mol. The van der Waals surface area contributed by atoms with Crippen molar-refractivity contribution in [2.45, 2.75) is 0 Å². The lowest BCUT2D eigenvalue weighted by Crippen LogP contribution is -2.01. The number of halogens is 1. The Balaban J connectivity index is 1.63. The number of rotatable bonds is 3. The van der Waals surface area contributed by atoms with E-state index in [1.807, 2.05) is 109 Å². The number of hydrogen-bond acceptors (Lipinski definition) is 4. The van der Waals surface area contributed by atoms with E-state index >= 15 is 0 Å². The van der Waals surface area contributed by atoms with Gasteiger partial charge >= 0.3 is 0 Å². The number of furan rings is 1. The minimum atomic E-state index is 0.509. The fourth-order valence-corrected chi connectivity index (χ4v) is 5.07. The van der Waals surface area contributed by atoms with Gasteiger partial charge < -0.3 is 4.42 Å². The Kier molecular flexibility index (Phi) is 4.79. The summed E-state index contributed by atoms with van der Waals surface area (Å²) >= 11 is 7.17. The van der Waals surface area contributed by atoms with E-state index in [1.165, 1.54) is 0 Å². The summed E-state index contributed by atoms with van der Waals surface area (Å²) in [5, 5.41) is 4.31. The van der Waals surface area contributed by atoms with Gasteiger partial charge in [-0.15, -0.1) is 0 Å². The van der Waals surface area contributed by atoms with Gasteiger partial charge in [0.25, 0.3) is 0 Å². The second-order valence-corrected chi connectivity index (χ2v) is 8.95. The van der Waals surface area contributed by atoms with Crippen molar-refractivity contribution in [3.05, 3.63) is 114 Å². The quantitative estimate of drug-likeness (QED) is 0.252. The second-order valence-electron chi connectivity index (χ2n) is 8.58. The first-order chi connectivity index (χ1) is 17.8. The van der Waals surface area contributed by atoms with E-state index in [4.69, 9.17) is 31.0 Å². The van der Waals surface area contributed by atoms with Crippen LogP contribution in [0, 0.1) is 0 Å². The van der Waals surface area contributed by atoms with Crippen molar-refractivity contribution in [3.8, 4) is 34.2 Å². The molecule has 0 aliphatic carbocycles. The summed E-state index contributed by atoms with van der Waals surface area (Å²) in [6, 6.07) is 35.9. The third kappa shape index (κ3) is 3.27. The van der Waals surface area contributed by atoms with E-state index in [9.17, 15) is 0 Å². The first kappa shape index (κ1) is 20.8. The second kappa shape index (κ2) is 8.29. The molecule has 0 spiro atoms. The van der Waals surface area contributed by atoms with Gasteiger partial charge in [-0.05, 0) is 6.07 Å². The molecule has 0 unspecified atom stereocenters. The van der Waals surface area contributed by atoms with Gasteiger partial charge in [0, 0.05) is 32.7 Å². The van der Waals surface area contributed by atoms with Crippen LogP contribution in [0.25, 0.3) is 66.9 Å². The number of fused-ring (bicyclic) bond motifs is 5. The van der Waals surface area contributed by atoms with Crippen LogP contribution >= 0.6 is 11.6 Å². The number of benzene rings is 5. The molecule has 7 aromatic rings. The van der Waals surface area contributed by atoms with Crippen molar-refractivity contribution in [2.24, 2.45) is 0 Å². The molecule has 0 amide bonds. The van der Waals surface area contributed by atoms with E-state index in [1.54, 1.807) is 0 Å². The summed E-state index contributed by atoms with van der Waals surface area (Å²) in [6.07, 6.45) is 0. The highest BCUT2D eigenvalue weighted by molar-refractivity contribution is 6.42. The Bertz CT molecular complexity index is 1840. The number of para-hydroxylation sites is 1. The summed E-state index contributed by atoms with van der Waals surface area (Å²) in [7, 11) is 0. The summed E-state index contributed by atoms with van der Waals surface area (Å²) in [5.74, 6) is 1.68. The van der Waals surface area contributed by atoms with Crippen LogP contribution < -0.4 is 0 Å². The summed E-state index contributed by atoms with van der Waals surface area (Å²) in [6.45, 7) is 0. The molecule has 7 rings (SSSR count). The topological polar surface area (TPSA) is 51.8 Å². The average Bonchev–Trinajstić information content (AvgIpc) is 3.34. The van der Waals surface area contributed by atoms with E-state index in [0.717, 1.165) is 49.4 Å². The molecule has 0 saturated carbocycles. The Morgan fingerprint density at radius 3 is 1.64 bits per heavy atom. The molecule has 0 fully saturated rings. The SMILES string of the molecule is Clc1c(-c2nc(-c3ccccc3)nc(-c3ccccc3)n2)c2c3ccccc3oc2c2ccccc12. The standard InChI is InChI=1S/C31H18ClN3O/c32-27-21-15-7-8-16-22(21)28-25(23-17-9-10-18-24(23)36-28)26(27)31-34-29(19-11-3-1-4-12-19)33-30(35-31)20-13-5-2-6-14-20/h1-18H. The monoisotopic (exact) mass is 483 g/mol. The molecule has 170 valence electrons. The molecule has 5 aromatic carbocycles. The summed E-state index contributed by atoms with van der Waals surface area (Å²) < 4.78 is 6.38. The van der Waals surface area contributed by atoms with Gasteiger partial charge in [-0.3, -0.25) is 0 Å². The van der Waals surface area contributed by atoms with Crippen LogP contribution in [0.5, 0.6) is 0 Å². The molecule has 36 heavy (non-hydrogen) atoms. The van der Waals surface area contributed by atoms with E-state index < -0.39 is 0 Å². The van der Waals surface area contributed by atoms with Gasteiger partial charge in [0.2, 0.25) is 0 Å². The molecule has 0 radical (unpaired) electrons. The van der Waals surface area contributed by atoms with Crippen molar-refractivity contribution in [3.63, 3.8) is 0 Å². The maximum Gasteiger partial charge on any atom is 0.166 e. The van der Waals surface area contributed by atoms with E-state index in [-0.39, 0.29) is 0 Å². The molecule has 0 saturated heterocycles. The van der Waals surface area contributed by atoms with E-state index in [2.05, 4.69) is 0 Å². The molecule has 2 heterocycles. The molecule has 4 nitrogen and oxygen atoms in total. The highest BCUT2D eigenvalue weighted by atomic mass is 35.5. The predicted molar refractivity (Wildman–Crippen MR) is 146 cm³/mol. The Labute approximate surface area is 211 Å². The van der Waals surface area contributed by atoms with Crippen LogP contribution in [0.3, 0.4) is 0 Å². The van der Waals surface area contributed by atoms with Crippen molar-refractivity contribution in [1.29, 1.82) is 0 Å². The zero-order chi connectivity index (χ0) is 24.1. The maximum absolute atomic E-state index is 7.17. The summed E-state index contributed by atoms with van der Waals surface area (Å²) in [4.78, 5) is 14.7. The lowest BCUT2D eigenvalue weighted by Gasteiger charge is -2.12. The zero-order valence-corrected chi connectivity index (χ0v) is 19.8. The molecule has 5 heteroatoms. The lowest BCUT2D eigenvalue weighted by atomic mass is 9.99. The van der Waals surface area contributed by atoms with Gasteiger partial charge in [0.1, 0.15) is 11.2 Å². The van der Waals surface area contributed by atoms with Crippen LogP contribution in [0.4, 0.5) is 0 Å². The third-order valence-electron chi connectivity index (χ3n) is 6.40. The fraction of sp³-hybridized carbons (Fsp3) is 0. The number of hydrogen-bond donors (Lipinski definition) is 0. The minimum Gasteiger partial charge on any atom is -0.455 e. The van der Waals surface area contributed by atoms with Crippen LogP contribution in [0.15, 0.2) is 114 Å². The molecular formula is C31H18ClN3O. The molecule has 0 N–H and O–H groups in total. The first-order valence-electron chi connectivity index (χ1n) is 11.7. The van der Waals surface area contributed by atoms with E-state index in [0.29, 0.717) is 22.5 Å². The number of nitrogens with zero attached hydrogens (tertiary/aromatic N) is 3. The fourth-order valence-electron chi connectivity index (χ4n) is 4.73. The van der Waals surface area contributed by atoms with Crippen LogP contribution in [-0.2, 0) is 0 Å². The third-order valence-corrected chi connectivity index (χ3v) is 6.79. The highest BCUT2D eigenvalue weighted by Crippen LogP contribution is 2.45. The highest BCUT2D eigenvalue weighted by Gasteiger charge is 2.23. The van der Waals surface area contributed by atoms with Crippen molar-refractivity contribution in [2.75, 3.05) is 0 Å². The van der Waals surface area contributed by atoms with Crippen molar-refractivity contribution in [1.82, 2.24) is 15.0 Å².